The van der Waals surface area contributed by atoms with Gasteiger partial charge in [0.2, 0.25) is 0 Å². The molecule has 2 atom stereocenters. The Morgan fingerprint density at radius 1 is 1.25 bits per heavy atom. The molecule has 2 rings (SSSR count). The van der Waals surface area contributed by atoms with E-state index in [-0.39, 0.29) is 12.1 Å². The smallest absolute Gasteiger partial charge is 0.0920 e. The van der Waals surface area contributed by atoms with Gasteiger partial charge in [0.1, 0.15) is 0 Å². The summed E-state index contributed by atoms with van der Waals surface area (Å²) in [6.07, 6.45) is 1.91. The van der Waals surface area contributed by atoms with Crippen LogP contribution in [0, 0.1) is 0 Å². The highest BCUT2D eigenvalue weighted by Gasteiger charge is 2.22. The molecule has 3 nitrogen and oxygen atoms in total. The summed E-state index contributed by atoms with van der Waals surface area (Å²) >= 11 is 3.54. The van der Waals surface area contributed by atoms with E-state index in [4.69, 9.17) is 10.8 Å². The van der Waals surface area contributed by atoms with Crippen LogP contribution in [0.25, 0.3) is 0 Å². The molecule has 0 aliphatic heterocycles. The van der Waals surface area contributed by atoms with Crippen LogP contribution >= 0.6 is 15.9 Å². The lowest BCUT2D eigenvalue weighted by Crippen LogP contribution is -2.32. The van der Waals surface area contributed by atoms with Gasteiger partial charge >= 0.3 is 0 Å². The fourth-order valence-corrected chi connectivity index (χ4v) is 2.94. The Hall–Kier alpha value is -1.13. The molecule has 0 fully saturated rings. The van der Waals surface area contributed by atoms with Crippen LogP contribution in [0.4, 0.5) is 0 Å². The first kappa shape index (κ1) is 15.3. The Bertz CT molecular complexity index is 575. The second kappa shape index (κ2) is 6.55. The lowest BCUT2D eigenvalue weighted by atomic mass is 10.0. The molecule has 0 saturated heterocycles. The van der Waals surface area contributed by atoms with Crippen LogP contribution in [-0.2, 0) is 12.8 Å². The third kappa shape index (κ3) is 3.13. The van der Waals surface area contributed by atoms with Gasteiger partial charge in [0.15, 0.2) is 0 Å². The fraction of sp³-hybridized carbons (Fsp3) is 0.438. The molecule has 0 aliphatic carbocycles. The van der Waals surface area contributed by atoms with Crippen molar-refractivity contribution in [2.75, 3.05) is 0 Å². The van der Waals surface area contributed by atoms with Gasteiger partial charge < -0.3 is 5.73 Å². The number of aryl methyl sites for hydroxylation is 2. The van der Waals surface area contributed by atoms with Crippen LogP contribution in [0.3, 0.4) is 0 Å². The van der Waals surface area contributed by atoms with Crippen LogP contribution in [0.5, 0.6) is 0 Å². The van der Waals surface area contributed by atoms with Crippen LogP contribution in [0.1, 0.15) is 43.8 Å². The predicted octanol–water partition coefficient (Wildman–Crippen LogP) is 3.71. The van der Waals surface area contributed by atoms with Gasteiger partial charge in [0.25, 0.3) is 0 Å². The first-order chi connectivity index (χ1) is 9.56. The van der Waals surface area contributed by atoms with E-state index in [9.17, 15) is 0 Å². The summed E-state index contributed by atoms with van der Waals surface area (Å²) in [5.41, 5.74) is 9.81. The molecule has 108 valence electrons. The van der Waals surface area contributed by atoms with Crippen LogP contribution in [0.15, 0.2) is 34.8 Å². The molecule has 1 heterocycles. The molecule has 0 radical (unpaired) electrons. The van der Waals surface area contributed by atoms with Gasteiger partial charge in [-0.2, -0.15) is 5.10 Å². The number of nitrogens with zero attached hydrogens (tertiary/aromatic N) is 2. The Morgan fingerprint density at radius 3 is 2.55 bits per heavy atom. The average Bonchev–Trinajstić information content (AvgIpc) is 2.81. The lowest BCUT2D eigenvalue weighted by molar-refractivity contribution is 0.438. The van der Waals surface area contributed by atoms with Crippen molar-refractivity contribution in [1.29, 1.82) is 0 Å². The van der Waals surface area contributed by atoms with Gasteiger partial charge in [-0.15, -0.1) is 0 Å². The maximum atomic E-state index is 6.25. The molecule has 2 N–H and O–H groups in total. The Kier molecular flexibility index (Phi) is 5.00. The minimum absolute atomic E-state index is 0.000735. The summed E-state index contributed by atoms with van der Waals surface area (Å²) in [4.78, 5) is 0. The zero-order valence-corrected chi connectivity index (χ0v) is 13.9. The first-order valence-corrected chi connectivity index (χ1v) is 7.94. The largest absolute Gasteiger partial charge is 0.326 e. The van der Waals surface area contributed by atoms with Crippen molar-refractivity contribution in [1.82, 2.24) is 9.78 Å². The van der Waals surface area contributed by atoms with E-state index in [2.05, 4.69) is 52.7 Å². The molecule has 1 aromatic heterocycles. The Labute approximate surface area is 129 Å². The van der Waals surface area contributed by atoms with Crippen molar-refractivity contribution >= 4 is 15.9 Å². The summed E-state index contributed by atoms with van der Waals surface area (Å²) in [5, 5.41) is 4.75. The molecule has 20 heavy (non-hydrogen) atoms. The first-order valence-electron chi connectivity index (χ1n) is 7.15. The van der Waals surface area contributed by atoms with Crippen LogP contribution < -0.4 is 5.73 Å². The van der Waals surface area contributed by atoms with Crippen molar-refractivity contribution in [2.45, 2.75) is 45.7 Å². The highest BCUT2D eigenvalue weighted by Crippen LogP contribution is 2.26. The summed E-state index contributed by atoms with van der Waals surface area (Å²) in [6, 6.07) is 10.6. The van der Waals surface area contributed by atoms with E-state index in [1.165, 1.54) is 11.3 Å². The second-order valence-corrected chi connectivity index (χ2v) is 6.05. The van der Waals surface area contributed by atoms with Gasteiger partial charge in [-0.1, -0.05) is 41.9 Å². The number of halogens is 1. The van der Waals surface area contributed by atoms with Crippen molar-refractivity contribution in [3.63, 3.8) is 0 Å². The normalized spacial score (nSPS) is 14.2. The third-order valence-corrected chi connectivity index (χ3v) is 4.03. The topological polar surface area (TPSA) is 43.8 Å². The number of aromatic nitrogens is 2. The summed E-state index contributed by atoms with van der Waals surface area (Å²) in [6.45, 7) is 6.33. The van der Waals surface area contributed by atoms with Gasteiger partial charge in [-0.3, -0.25) is 4.68 Å². The number of nitrogens with two attached hydrogens (primary N) is 1. The number of hydrogen-bond donors (Lipinski definition) is 1. The molecule has 0 bridgehead atoms. The van der Waals surface area contributed by atoms with Gasteiger partial charge in [-0.25, -0.2) is 0 Å². The molecule has 0 aliphatic rings. The van der Waals surface area contributed by atoms with Crippen molar-refractivity contribution < 1.29 is 0 Å². The zero-order chi connectivity index (χ0) is 14.7. The molecule has 2 unspecified atom stereocenters. The number of benzene rings is 1. The van der Waals surface area contributed by atoms with E-state index in [1.807, 2.05) is 19.1 Å². The number of hydrogen-bond acceptors (Lipinski definition) is 2. The van der Waals surface area contributed by atoms with E-state index >= 15 is 0 Å². The van der Waals surface area contributed by atoms with Crippen molar-refractivity contribution in [3.05, 3.63) is 51.8 Å². The molecule has 0 amide bonds. The van der Waals surface area contributed by atoms with E-state index < -0.39 is 0 Å². The summed E-state index contributed by atoms with van der Waals surface area (Å²) in [7, 11) is 0. The van der Waals surface area contributed by atoms with Crippen LogP contribution in [0.2, 0.25) is 0 Å². The minimum Gasteiger partial charge on any atom is -0.326 e. The van der Waals surface area contributed by atoms with Gasteiger partial charge in [0, 0.05) is 16.2 Å². The number of rotatable bonds is 5. The van der Waals surface area contributed by atoms with Gasteiger partial charge in [-0.05, 0) is 43.5 Å². The van der Waals surface area contributed by atoms with Crippen molar-refractivity contribution in [2.24, 2.45) is 5.73 Å². The molecule has 1 aromatic carbocycles. The standard InChI is InChI=1S/C16H22BrN3/c1-4-14-10-15(5-2)20(19-14)16(11(3)18)12-7-6-8-13(17)9-12/h6-11,16H,4-5,18H2,1-3H3. The van der Waals surface area contributed by atoms with E-state index in [0.717, 1.165) is 23.0 Å². The molecule has 4 heteroatoms. The molecular weight excluding hydrogens is 314 g/mol. The molecule has 0 saturated carbocycles. The molecule has 0 spiro atoms. The predicted molar refractivity (Wildman–Crippen MR) is 86.9 cm³/mol. The highest BCUT2D eigenvalue weighted by atomic mass is 79.9. The molecule has 2 aromatic rings. The second-order valence-electron chi connectivity index (χ2n) is 5.14. The van der Waals surface area contributed by atoms with Crippen molar-refractivity contribution in [3.8, 4) is 0 Å². The summed E-state index contributed by atoms with van der Waals surface area (Å²) < 4.78 is 3.17. The zero-order valence-electron chi connectivity index (χ0n) is 12.3. The maximum Gasteiger partial charge on any atom is 0.0920 e. The van der Waals surface area contributed by atoms with Crippen LogP contribution in [-0.4, -0.2) is 15.8 Å². The highest BCUT2D eigenvalue weighted by molar-refractivity contribution is 9.10. The lowest BCUT2D eigenvalue weighted by Gasteiger charge is -2.24. The Morgan fingerprint density at radius 2 is 2.00 bits per heavy atom. The third-order valence-electron chi connectivity index (χ3n) is 3.54. The quantitative estimate of drug-likeness (QED) is 0.905. The average molecular weight is 336 g/mol. The minimum atomic E-state index is -0.000735. The van der Waals surface area contributed by atoms with E-state index in [1.54, 1.807) is 0 Å². The monoisotopic (exact) mass is 335 g/mol. The maximum absolute atomic E-state index is 6.25. The molecular formula is C16H22BrN3. The van der Waals surface area contributed by atoms with E-state index in [0.29, 0.717) is 0 Å². The Balaban J connectivity index is 2.51. The fourth-order valence-electron chi connectivity index (χ4n) is 2.53. The summed E-state index contributed by atoms with van der Waals surface area (Å²) in [5.74, 6) is 0. The SMILES string of the molecule is CCc1cc(CC)n(C(c2cccc(Br)c2)C(C)N)n1. The van der Waals surface area contributed by atoms with Gasteiger partial charge in [0.05, 0.1) is 11.7 Å².